The first-order valence-electron chi connectivity index (χ1n) is 6.43. The summed E-state index contributed by atoms with van der Waals surface area (Å²) in [7, 11) is 1.69. The van der Waals surface area contributed by atoms with Crippen molar-refractivity contribution in [2.45, 2.75) is 13.3 Å². The van der Waals surface area contributed by atoms with E-state index in [0.29, 0.717) is 23.7 Å². The van der Waals surface area contributed by atoms with E-state index in [4.69, 9.17) is 10.5 Å². The third kappa shape index (κ3) is 3.09. The maximum absolute atomic E-state index is 12.0. The van der Waals surface area contributed by atoms with Gasteiger partial charge in [-0.15, -0.1) is 0 Å². The zero-order chi connectivity index (χ0) is 14.5. The van der Waals surface area contributed by atoms with Crippen molar-refractivity contribution in [3.63, 3.8) is 0 Å². The Labute approximate surface area is 117 Å². The molecule has 0 saturated heterocycles. The molecule has 0 unspecified atom stereocenters. The zero-order valence-corrected chi connectivity index (χ0v) is 11.6. The molecule has 6 heteroatoms. The van der Waals surface area contributed by atoms with Crippen LogP contribution in [0.4, 0.5) is 11.5 Å². The van der Waals surface area contributed by atoms with Crippen LogP contribution < -0.4 is 15.8 Å². The standard InChI is InChI=1S/C14H18N4O2/c1-3-8-20-11-6-4-10(5-7-11)17-14(19)12-9-16-18(2)13(12)15/h4-7,9H,3,8,15H2,1-2H3,(H,17,19). The summed E-state index contributed by atoms with van der Waals surface area (Å²) in [6, 6.07) is 7.21. The fourth-order valence-corrected chi connectivity index (χ4v) is 1.67. The summed E-state index contributed by atoms with van der Waals surface area (Å²) in [6.07, 6.45) is 2.40. The smallest absolute Gasteiger partial charge is 0.261 e. The molecule has 0 fully saturated rings. The van der Waals surface area contributed by atoms with Gasteiger partial charge >= 0.3 is 0 Å². The third-order valence-electron chi connectivity index (χ3n) is 2.81. The lowest BCUT2D eigenvalue weighted by atomic mass is 10.2. The average molecular weight is 274 g/mol. The molecule has 20 heavy (non-hydrogen) atoms. The van der Waals surface area contributed by atoms with E-state index in [1.54, 1.807) is 19.2 Å². The molecule has 6 nitrogen and oxygen atoms in total. The van der Waals surface area contributed by atoms with Gasteiger partial charge in [0.1, 0.15) is 17.1 Å². The van der Waals surface area contributed by atoms with Gasteiger partial charge in [0, 0.05) is 12.7 Å². The summed E-state index contributed by atoms with van der Waals surface area (Å²) in [6.45, 7) is 2.73. The highest BCUT2D eigenvalue weighted by Crippen LogP contribution is 2.18. The number of nitrogens with zero attached hydrogens (tertiary/aromatic N) is 2. The minimum atomic E-state index is -0.280. The van der Waals surface area contributed by atoms with Crippen molar-refractivity contribution in [1.82, 2.24) is 9.78 Å². The first kappa shape index (κ1) is 13.9. The quantitative estimate of drug-likeness (QED) is 0.874. The van der Waals surface area contributed by atoms with Gasteiger partial charge in [-0.1, -0.05) is 6.92 Å². The summed E-state index contributed by atoms with van der Waals surface area (Å²) in [4.78, 5) is 12.0. The zero-order valence-electron chi connectivity index (χ0n) is 11.6. The van der Waals surface area contributed by atoms with Gasteiger partial charge < -0.3 is 15.8 Å². The molecule has 0 atom stereocenters. The Balaban J connectivity index is 2.03. The number of aryl methyl sites for hydroxylation is 1. The first-order chi connectivity index (χ1) is 9.61. The molecule has 0 aliphatic heterocycles. The van der Waals surface area contributed by atoms with Crippen LogP contribution in [0.5, 0.6) is 5.75 Å². The minimum Gasteiger partial charge on any atom is -0.494 e. The lowest BCUT2D eigenvalue weighted by molar-refractivity contribution is 0.102. The Morgan fingerprint density at radius 3 is 2.65 bits per heavy atom. The van der Waals surface area contributed by atoms with E-state index in [-0.39, 0.29) is 5.91 Å². The number of anilines is 2. The molecule has 2 rings (SSSR count). The number of nitrogen functional groups attached to an aromatic ring is 1. The van der Waals surface area contributed by atoms with Crippen molar-refractivity contribution < 1.29 is 9.53 Å². The monoisotopic (exact) mass is 274 g/mol. The Morgan fingerprint density at radius 1 is 1.40 bits per heavy atom. The van der Waals surface area contributed by atoms with Gasteiger partial charge in [-0.2, -0.15) is 5.10 Å². The molecule has 1 amide bonds. The van der Waals surface area contributed by atoms with Crippen molar-refractivity contribution in [2.75, 3.05) is 17.7 Å². The molecule has 2 aromatic rings. The number of hydrogen-bond acceptors (Lipinski definition) is 4. The molecule has 0 saturated carbocycles. The summed E-state index contributed by atoms with van der Waals surface area (Å²) < 4.78 is 6.93. The number of carbonyl (C=O) groups excluding carboxylic acids is 1. The Kier molecular flexibility index (Phi) is 4.24. The number of benzene rings is 1. The van der Waals surface area contributed by atoms with E-state index in [9.17, 15) is 4.79 Å². The number of carbonyl (C=O) groups is 1. The molecule has 3 N–H and O–H groups in total. The molecule has 106 valence electrons. The molecule has 0 aliphatic carbocycles. The van der Waals surface area contributed by atoms with E-state index in [1.807, 2.05) is 19.1 Å². The van der Waals surface area contributed by atoms with Crippen molar-refractivity contribution >= 4 is 17.4 Å². The van der Waals surface area contributed by atoms with Crippen LogP contribution in [-0.2, 0) is 7.05 Å². The largest absolute Gasteiger partial charge is 0.494 e. The topological polar surface area (TPSA) is 82.2 Å². The van der Waals surface area contributed by atoms with Crippen LogP contribution in [0.15, 0.2) is 30.5 Å². The molecule has 0 radical (unpaired) electrons. The second-order valence-electron chi connectivity index (χ2n) is 4.39. The molecule has 1 heterocycles. The second-order valence-corrected chi connectivity index (χ2v) is 4.39. The van der Waals surface area contributed by atoms with Crippen LogP contribution in [-0.4, -0.2) is 22.3 Å². The average Bonchev–Trinajstić information content (AvgIpc) is 2.78. The fraction of sp³-hybridized carbons (Fsp3) is 0.286. The van der Waals surface area contributed by atoms with Crippen LogP contribution in [0.25, 0.3) is 0 Å². The lowest BCUT2D eigenvalue weighted by Gasteiger charge is -2.07. The summed E-state index contributed by atoms with van der Waals surface area (Å²) in [5, 5.41) is 6.71. The molecular weight excluding hydrogens is 256 g/mol. The van der Waals surface area contributed by atoms with Gasteiger partial charge in [-0.3, -0.25) is 9.48 Å². The van der Waals surface area contributed by atoms with Gasteiger partial charge in [0.2, 0.25) is 0 Å². The molecule has 0 aliphatic rings. The number of nitrogens with one attached hydrogen (secondary N) is 1. The van der Waals surface area contributed by atoms with Crippen LogP contribution >= 0.6 is 0 Å². The first-order valence-corrected chi connectivity index (χ1v) is 6.43. The van der Waals surface area contributed by atoms with Crippen LogP contribution in [0.2, 0.25) is 0 Å². The predicted octanol–water partition coefficient (Wildman–Crippen LogP) is 2.04. The number of nitrogens with two attached hydrogens (primary N) is 1. The van der Waals surface area contributed by atoms with Crippen molar-refractivity contribution in [2.24, 2.45) is 7.05 Å². The fourth-order valence-electron chi connectivity index (χ4n) is 1.67. The van der Waals surface area contributed by atoms with Gasteiger partial charge in [0.05, 0.1) is 12.8 Å². The Morgan fingerprint density at radius 2 is 2.10 bits per heavy atom. The molecule has 1 aromatic carbocycles. The number of hydrogen-bond donors (Lipinski definition) is 2. The normalized spacial score (nSPS) is 10.3. The third-order valence-corrected chi connectivity index (χ3v) is 2.81. The highest BCUT2D eigenvalue weighted by Gasteiger charge is 2.13. The van der Waals surface area contributed by atoms with Crippen LogP contribution in [0, 0.1) is 0 Å². The maximum Gasteiger partial charge on any atom is 0.261 e. The van der Waals surface area contributed by atoms with Gasteiger partial charge in [-0.05, 0) is 30.7 Å². The van der Waals surface area contributed by atoms with Gasteiger partial charge in [-0.25, -0.2) is 0 Å². The SMILES string of the molecule is CCCOc1ccc(NC(=O)c2cnn(C)c2N)cc1. The number of amides is 1. The predicted molar refractivity (Wildman–Crippen MR) is 77.8 cm³/mol. The van der Waals surface area contributed by atoms with Crippen LogP contribution in [0.1, 0.15) is 23.7 Å². The van der Waals surface area contributed by atoms with E-state index < -0.39 is 0 Å². The maximum atomic E-state index is 12.0. The molecule has 0 spiro atoms. The molecule has 1 aromatic heterocycles. The molecular formula is C14H18N4O2. The van der Waals surface area contributed by atoms with E-state index >= 15 is 0 Å². The molecule has 0 bridgehead atoms. The van der Waals surface area contributed by atoms with Crippen molar-refractivity contribution in [3.8, 4) is 5.75 Å². The van der Waals surface area contributed by atoms with Crippen molar-refractivity contribution in [3.05, 3.63) is 36.0 Å². The van der Waals surface area contributed by atoms with E-state index in [0.717, 1.165) is 12.2 Å². The summed E-state index contributed by atoms with van der Waals surface area (Å²) in [5.74, 6) is 0.842. The van der Waals surface area contributed by atoms with Crippen molar-refractivity contribution in [1.29, 1.82) is 0 Å². The highest BCUT2D eigenvalue weighted by molar-refractivity contribution is 6.07. The number of aromatic nitrogens is 2. The highest BCUT2D eigenvalue weighted by atomic mass is 16.5. The number of rotatable bonds is 5. The van der Waals surface area contributed by atoms with E-state index in [2.05, 4.69) is 10.4 Å². The van der Waals surface area contributed by atoms with Gasteiger partial charge in [0.25, 0.3) is 5.91 Å². The van der Waals surface area contributed by atoms with E-state index in [1.165, 1.54) is 10.9 Å². The Hall–Kier alpha value is -2.50. The van der Waals surface area contributed by atoms with Gasteiger partial charge in [0.15, 0.2) is 0 Å². The summed E-state index contributed by atoms with van der Waals surface area (Å²) in [5.41, 5.74) is 6.80. The Bertz CT molecular complexity index is 590. The second kappa shape index (κ2) is 6.10. The summed E-state index contributed by atoms with van der Waals surface area (Å²) >= 11 is 0. The minimum absolute atomic E-state index is 0.280. The number of ether oxygens (including phenoxy) is 1. The lowest BCUT2D eigenvalue weighted by Crippen LogP contribution is -2.13. The van der Waals surface area contributed by atoms with Crippen LogP contribution in [0.3, 0.4) is 0 Å².